The second kappa shape index (κ2) is 5.23. The van der Waals surface area contributed by atoms with E-state index in [0.29, 0.717) is 12.1 Å². The van der Waals surface area contributed by atoms with Crippen LogP contribution in [-0.4, -0.2) is 23.3 Å². The number of aromatic nitrogens is 1. The van der Waals surface area contributed by atoms with Gasteiger partial charge in [-0.2, -0.15) is 0 Å². The Balaban J connectivity index is 1.99. The molecular formula is C14H24N2O. The van der Waals surface area contributed by atoms with Gasteiger partial charge in [-0.25, -0.2) is 0 Å². The Morgan fingerprint density at radius 3 is 2.76 bits per heavy atom. The van der Waals surface area contributed by atoms with Crippen molar-refractivity contribution in [3.8, 4) is 0 Å². The molecule has 0 saturated carbocycles. The molecule has 0 amide bonds. The van der Waals surface area contributed by atoms with Crippen molar-refractivity contribution < 1.29 is 4.74 Å². The monoisotopic (exact) mass is 236 g/mol. The number of hydrogen-bond donors (Lipinski definition) is 1. The molecular weight excluding hydrogens is 212 g/mol. The van der Waals surface area contributed by atoms with Gasteiger partial charge in [0.15, 0.2) is 0 Å². The SMILES string of the molecule is CCn1c(C)cc(CNC2CCOC2C)c1C. The molecule has 1 fully saturated rings. The minimum atomic E-state index is 0.352. The summed E-state index contributed by atoms with van der Waals surface area (Å²) in [5.41, 5.74) is 4.17. The van der Waals surface area contributed by atoms with Crippen LogP contribution in [0, 0.1) is 13.8 Å². The Kier molecular flexibility index (Phi) is 3.89. The first-order valence-corrected chi connectivity index (χ1v) is 6.64. The fourth-order valence-corrected chi connectivity index (χ4v) is 2.78. The molecule has 0 radical (unpaired) electrons. The van der Waals surface area contributed by atoms with Crippen LogP contribution in [0.2, 0.25) is 0 Å². The number of rotatable bonds is 4. The van der Waals surface area contributed by atoms with Crippen molar-refractivity contribution in [2.24, 2.45) is 0 Å². The van der Waals surface area contributed by atoms with Gasteiger partial charge in [0.25, 0.3) is 0 Å². The molecule has 3 nitrogen and oxygen atoms in total. The maximum Gasteiger partial charge on any atom is 0.0700 e. The summed E-state index contributed by atoms with van der Waals surface area (Å²) in [4.78, 5) is 0. The maximum atomic E-state index is 5.57. The number of nitrogens with zero attached hydrogens (tertiary/aromatic N) is 1. The molecule has 1 saturated heterocycles. The summed E-state index contributed by atoms with van der Waals surface area (Å²) < 4.78 is 7.93. The fourth-order valence-electron chi connectivity index (χ4n) is 2.78. The van der Waals surface area contributed by atoms with Crippen LogP contribution < -0.4 is 5.32 Å². The highest BCUT2D eigenvalue weighted by Gasteiger charge is 2.23. The molecule has 2 rings (SSSR count). The molecule has 1 N–H and O–H groups in total. The van der Waals surface area contributed by atoms with Crippen LogP contribution in [0.25, 0.3) is 0 Å². The lowest BCUT2D eigenvalue weighted by atomic mass is 10.1. The first-order valence-electron chi connectivity index (χ1n) is 6.64. The van der Waals surface area contributed by atoms with E-state index in [9.17, 15) is 0 Å². The molecule has 0 aliphatic carbocycles. The Morgan fingerprint density at radius 2 is 2.24 bits per heavy atom. The predicted octanol–water partition coefficient (Wildman–Crippen LogP) is 2.39. The normalized spacial score (nSPS) is 24.5. The zero-order valence-corrected chi connectivity index (χ0v) is 11.4. The molecule has 1 aromatic heterocycles. The van der Waals surface area contributed by atoms with Gasteiger partial charge in [0.1, 0.15) is 0 Å². The Bertz CT molecular complexity index is 384. The van der Waals surface area contributed by atoms with Crippen LogP contribution in [0.1, 0.15) is 37.2 Å². The highest BCUT2D eigenvalue weighted by molar-refractivity contribution is 5.26. The number of nitrogens with one attached hydrogen (secondary N) is 1. The van der Waals surface area contributed by atoms with E-state index in [4.69, 9.17) is 4.74 Å². The first-order chi connectivity index (χ1) is 8.13. The second-order valence-electron chi connectivity index (χ2n) is 4.99. The lowest BCUT2D eigenvalue weighted by Gasteiger charge is -2.16. The lowest BCUT2D eigenvalue weighted by molar-refractivity contribution is 0.113. The zero-order chi connectivity index (χ0) is 12.4. The third-order valence-electron chi connectivity index (χ3n) is 3.93. The van der Waals surface area contributed by atoms with Gasteiger partial charge < -0.3 is 14.6 Å². The summed E-state index contributed by atoms with van der Waals surface area (Å²) in [6, 6.07) is 2.81. The van der Waals surface area contributed by atoms with Crippen molar-refractivity contribution >= 4 is 0 Å². The predicted molar refractivity (Wildman–Crippen MR) is 70.2 cm³/mol. The largest absolute Gasteiger partial charge is 0.377 e. The van der Waals surface area contributed by atoms with Gasteiger partial charge in [0.05, 0.1) is 6.10 Å². The number of aryl methyl sites for hydroxylation is 1. The molecule has 0 spiro atoms. The third-order valence-corrected chi connectivity index (χ3v) is 3.93. The van der Waals surface area contributed by atoms with E-state index < -0.39 is 0 Å². The summed E-state index contributed by atoms with van der Waals surface area (Å²) in [7, 11) is 0. The van der Waals surface area contributed by atoms with E-state index in [1.807, 2.05) is 0 Å². The van der Waals surface area contributed by atoms with Gasteiger partial charge in [0.2, 0.25) is 0 Å². The zero-order valence-electron chi connectivity index (χ0n) is 11.4. The molecule has 0 aromatic carbocycles. The highest BCUT2D eigenvalue weighted by Crippen LogP contribution is 2.17. The minimum Gasteiger partial charge on any atom is -0.377 e. The van der Waals surface area contributed by atoms with Gasteiger partial charge in [0, 0.05) is 37.1 Å². The fraction of sp³-hybridized carbons (Fsp3) is 0.714. The molecule has 2 atom stereocenters. The Morgan fingerprint density at radius 1 is 1.47 bits per heavy atom. The summed E-state index contributed by atoms with van der Waals surface area (Å²) in [5, 5.41) is 3.61. The average Bonchev–Trinajstić information content (AvgIpc) is 2.81. The van der Waals surface area contributed by atoms with Crippen LogP contribution in [0.3, 0.4) is 0 Å². The molecule has 2 heterocycles. The van der Waals surface area contributed by atoms with Crippen LogP contribution in [0.4, 0.5) is 0 Å². The number of ether oxygens (including phenoxy) is 1. The molecule has 1 aromatic rings. The van der Waals surface area contributed by atoms with Crippen LogP contribution >= 0.6 is 0 Å². The van der Waals surface area contributed by atoms with Gasteiger partial charge in [-0.3, -0.25) is 0 Å². The van der Waals surface area contributed by atoms with Crippen molar-refractivity contribution in [3.05, 3.63) is 23.0 Å². The Labute approximate surface area is 104 Å². The average molecular weight is 236 g/mol. The molecule has 0 bridgehead atoms. The van der Waals surface area contributed by atoms with E-state index >= 15 is 0 Å². The van der Waals surface area contributed by atoms with E-state index in [1.165, 1.54) is 17.0 Å². The van der Waals surface area contributed by atoms with Crippen molar-refractivity contribution in [1.82, 2.24) is 9.88 Å². The molecule has 3 heteroatoms. The van der Waals surface area contributed by atoms with Gasteiger partial charge in [-0.1, -0.05) is 0 Å². The standard InChI is InChI=1S/C14H24N2O/c1-5-16-10(2)8-13(11(16)3)9-15-14-6-7-17-12(14)4/h8,12,14-15H,5-7,9H2,1-4H3. The van der Waals surface area contributed by atoms with Crippen LogP contribution in [-0.2, 0) is 17.8 Å². The molecule has 17 heavy (non-hydrogen) atoms. The smallest absolute Gasteiger partial charge is 0.0700 e. The van der Waals surface area contributed by atoms with Gasteiger partial charge in [-0.15, -0.1) is 0 Å². The van der Waals surface area contributed by atoms with E-state index in [2.05, 4.69) is 43.6 Å². The topological polar surface area (TPSA) is 26.2 Å². The van der Waals surface area contributed by atoms with Crippen LogP contribution in [0.5, 0.6) is 0 Å². The van der Waals surface area contributed by atoms with Crippen molar-refractivity contribution in [2.75, 3.05) is 6.61 Å². The van der Waals surface area contributed by atoms with Crippen LogP contribution in [0.15, 0.2) is 6.07 Å². The van der Waals surface area contributed by atoms with Gasteiger partial charge >= 0.3 is 0 Å². The Hall–Kier alpha value is -0.800. The summed E-state index contributed by atoms with van der Waals surface area (Å²) in [5.74, 6) is 0. The molecule has 1 aliphatic rings. The first kappa shape index (κ1) is 12.7. The van der Waals surface area contributed by atoms with E-state index in [0.717, 1.165) is 26.1 Å². The second-order valence-corrected chi connectivity index (χ2v) is 4.99. The van der Waals surface area contributed by atoms with E-state index in [-0.39, 0.29) is 0 Å². The lowest BCUT2D eigenvalue weighted by Crippen LogP contribution is -2.34. The molecule has 1 aliphatic heterocycles. The van der Waals surface area contributed by atoms with Crippen molar-refractivity contribution in [2.45, 2.75) is 59.4 Å². The van der Waals surface area contributed by atoms with Gasteiger partial charge in [-0.05, 0) is 45.7 Å². The summed E-state index contributed by atoms with van der Waals surface area (Å²) in [6.07, 6.45) is 1.48. The third kappa shape index (κ3) is 2.55. The quantitative estimate of drug-likeness (QED) is 0.868. The maximum absolute atomic E-state index is 5.57. The van der Waals surface area contributed by atoms with Crippen molar-refractivity contribution in [1.29, 1.82) is 0 Å². The summed E-state index contributed by atoms with van der Waals surface area (Å²) >= 11 is 0. The molecule has 2 unspecified atom stereocenters. The summed E-state index contributed by atoms with van der Waals surface area (Å²) in [6.45, 7) is 11.7. The molecule has 96 valence electrons. The highest BCUT2D eigenvalue weighted by atomic mass is 16.5. The van der Waals surface area contributed by atoms with Crippen molar-refractivity contribution in [3.63, 3.8) is 0 Å². The minimum absolute atomic E-state index is 0.352. The number of hydrogen-bond acceptors (Lipinski definition) is 2. The van der Waals surface area contributed by atoms with E-state index in [1.54, 1.807) is 0 Å².